The highest BCUT2D eigenvalue weighted by atomic mass is 32.2. The van der Waals surface area contributed by atoms with Crippen molar-refractivity contribution in [3.63, 3.8) is 0 Å². The molecular weight excluding hydrogens is 296 g/mol. The van der Waals surface area contributed by atoms with Gasteiger partial charge in [0.25, 0.3) is 0 Å². The number of benzene rings is 1. The van der Waals surface area contributed by atoms with Gasteiger partial charge in [-0.15, -0.1) is 5.10 Å². The van der Waals surface area contributed by atoms with E-state index in [0.29, 0.717) is 11.4 Å². The Morgan fingerprint density at radius 2 is 1.95 bits per heavy atom. The number of ether oxygens (including phenoxy) is 1. The van der Waals surface area contributed by atoms with Crippen molar-refractivity contribution in [3.05, 3.63) is 35.7 Å². The monoisotopic (exact) mass is 310 g/mol. The van der Waals surface area contributed by atoms with Gasteiger partial charge in [0.15, 0.2) is 5.69 Å². The Labute approximate surface area is 121 Å². The molecule has 0 fully saturated rings. The fraction of sp³-hybridized carbons (Fsp3) is 0.250. The van der Waals surface area contributed by atoms with Crippen molar-refractivity contribution < 1.29 is 17.9 Å². The summed E-state index contributed by atoms with van der Waals surface area (Å²) in [4.78, 5) is 11.7. The quantitative estimate of drug-likeness (QED) is 0.817. The predicted octanol–water partition coefficient (Wildman–Crippen LogP) is 0.400. The third-order valence-corrected chi connectivity index (χ3v) is 3.70. The van der Waals surface area contributed by atoms with Crippen LogP contribution in [0.2, 0.25) is 0 Å². The average molecular weight is 310 g/mol. The molecule has 0 aliphatic rings. The molecule has 0 saturated carbocycles. The number of nitrogens with zero attached hydrogens (tertiary/aromatic N) is 3. The maximum absolute atomic E-state index is 11.7. The van der Waals surface area contributed by atoms with Gasteiger partial charge in [-0.25, -0.2) is 23.0 Å². The molecule has 112 valence electrons. The summed E-state index contributed by atoms with van der Waals surface area (Å²) in [7, 11) is -3.75. The van der Waals surface area contributed by atoms with Crippen LogP contribution in [0.15, 0.2) is 29.2 Å². The van der Waals surface area contributed by atoms with Gasteiger partial charge >= 0.3 is 5.97 Å². The Kier molecular flexibility index (Phi) is 4.05. The standard InChI is InChI=1S/C12H14N4O4S/c1-3-20-12(17)11-8(2)16(15-14-11)9-4-6-10(7-5-9)21(13,18)19/h4-7H,3H2,1-2H3,(H2,13,18,19). The first-order valence-electron chi connectivity index (χ1n) is 6.07. The lowest BCUT2D eigenvalue weighted by Crippen LogP contribution is -2.12. The summed E-state index contributed by atoms with van der Waals surface area (Å²) in [6, 6.07) is 5.76. The van der Waals surface area contributed by atoms with Crippen LogP contribution in [0.3, 0.4) is 0 Å². The number of rotatable bonds is 4. The molecule has 0 saturated heterocycles. The van der Waals surface area contributed by atoms with Crippen LogP contribution in [-0.4, -0.2) is 36.0 Å². The lowest BCUT2D eigenvalue weighted by atomic mass is 10.3. The summed E-state index contributed by atoms with van der Waals surface area (Å²) in [6.45, 7) is 3.61. The van der Waals surface area contributed by atoms with Gasteiger partial charge < -0.3 is 4.74 Å². The molecule has 0 aliphatic carbocycles. The Bertz CT molecular complexity index is 765. The predicted molar refractivity (Wildman–Crippen MR) is 73.4 cm³/mol. The van der Waals surface area contributed by atoms with E-state index >= 15 is 0 Å². The zero-order valence-electron chi connectivity index (χ0n) is 11.5. The van der Waals surface area contributed by atoms with Gasteiger partial charge in [-0.05, 0) is 38.1 Å². The van der Waals surface area contributed by atoms with Crippen molar-refractivity contribution in [2.45, 2.75) is 18.7 Å². The summed E-state index contributed by atoms with van der Waals surface area (Å²) in [5, 5.41) is 12.7. The molecule has 2 aromatic rings. The summed E-state index contributed by atoms with van der Waals surface area (Å²) in [6.07, 6.45) is 0. The summed E-state index contributed by atoms with van der Waals surface area (Å²) < 4.78 is 28.7. The zero-order chi connectivity index (χ0) is 15.6. The molecule has 0 amide bonds. The van der Waals surface area contributed by atoms with Crippen LogP contribution in [-0.2, 0) is 14.8 Å². The molecule has 0 atom stereocenters. The number of hydrogen-bond acceptors (Lipinski definition) is 6. The molecular formula is C12H14N4O4S. The summed E-state index contributed by atoms with van der Waals surface area (Å²) in [5.74, 6) is -0.553. The molecule has 2 rings (SSSR count). The molecule has 0 radical (unpaired) electrons. The third kappa shape index (κ3) is 3.09. The van der Waals surface area contributed by atoms with E-state index in [0.717, 1.165) is 0 Å². The Hall–Kier alpha value is -2.26. The first-order valence-corrected chi connectivity index (χ1v) is 7.62. The second-order valence-corrected chi connectivity index (χ2v) is 5.76. The van der Waals surface area contributed by atoms with E-state index in [1.807, 2.05) is 0 Å². The van der Waals surface area contributed by atoms with Crippen LogP contribution >= 0.6 is 0 Å². The topological polar surface area (TPSA) is 117 Å². The Morgan fingerprint density at radius 1 is 1.33 bits per heavy atom. The first kappa shape index (κ1) is 15.1. The van der Waals surface area contributed by atoms with Crippen LogP contribution in [0, 0.1) is 6.92 Å². The fourth-order valence-electron chi connectivity index (χ4n) is 1.74. The average Bonchev–Trinajstić information content (AvgIpc) is 2.80. The largest absolute Gasteiger partial charge is 0.461 e. The second kappa shape index (κ2) is 5.62. The van der Waals surface area contributed by atoms with Gasteiger partial charge in [-0.1, -0.05) is 5.21 Å². The van der Waals surface area contributed by atoms with E-state index in [-0.39, 0.29) is 17.2 Å². The first-order chi connectivity index (χ1) is 9.84. The van der Waals surface area contributed by atoms with Crippen molar-refractivity contribution >= 4 is 16.0 Å². The minimum absolute atomic E-state index is 0.00497. The van der Waals surface area contributed by atoms with Crippen LogP contribution < -0.4 is 5.14 Å². The summed E-state index contributed by atoms with van der Waals surface area (Å²) >= 11 is 0. The van der Waals surface area contributed by atoms with E-state index in [1.165, 1.54) is 28.9 Å². The highest BCUT2D eigenvalue weighted by molar-refractivity contribution is 7.89. The number of aromatic nitrogens is 3. The molecule has 0 bridgehead atoms. The van der Waals surface area contributed by atoms with E-state index in [1.54, 1.807) is 13.8 Å². The summed E-state index contributed by atoms with van der Waals surface area (Å²) in [5.41, 5.74) is 1.17. The number of carbonyl (C=O) groups is 1. The lowest BCUT2D eigenvalue weighted by Gasteiger charge is -2.05. The van der Waals surface area contributed by atoms with E-state index in [9.17, 15) is 13.2 Å². The van der Waals surface area contributed by atoms with Crippen molar-refractivity contribution in [1.29, 1.82) is 0 Å². The maximum atomic E-state index is 11.7. The van der Waals surface area contributed by atoms with Gasteiger partial charge in [0.1, 0.15) is 0 Å². The number of primary sulfonamides is 1. The normalized spacial score (nSPS) is 11.4. The number of esters is 1. The SMILES string of the molecule is CCOC(=O)c1nnn(-c2ccc(S(N)(=O)=O)cc2)c1C. The van der Waals surface area contributed by atoms with Gasteiger partial charge in [-0.3, -0.25) is 0 Å². The van der Waals surface area contributed by atoms with Gasteiger partial charge in [0.2, 0.25) is 10.0 Å². The molecule has 1 aromatic carbocycles. The fourth-order valence-corrected chi connectivity index (χ4v) is 2.25. The van der Waals surface area contributed by atoms with Crippen molar-refractivity contribution in [2.24, 2.45) is 5.14 Å². The number of hydrogen-bond donors (Lipinski definition) is 1. The van der Waals surface area contributed by atoms with Crippen LogP contribution in [0.1, 0.15) is 23.1 Å². The van der Waals surface area contributed by atoms with Crippen molar-refractivity contribution in [2.75, 3.05) is 6.61 Å². The lowest BCUT2D eigenvalue weighted by molar-refractivity contribution is 0.0518. The van der Waals surface area contributed by atoms with Gasteiger partial charge in [0, 0.05) is 0 Å². The molecule has 0 aliphatic heterocycles. The van der Waals surface area contributed by atoms with Gasteiger partial charge in [0.05, 0.1) is 22.9 Å². The molecule has 1 aromatic heterocycles. The van der Waals surface area contributed by atoms with Gasteiger partial charge in [-0.2, -0.15) is 0 Å². The maximum Gasteiger partial charge on any atom is 0.360 e. The third-order valence-electron chi connectivity index (χ3n) is 2.77. The zero-order valence-corrected chi connectivity index (χ0v) is 12.3. The number of sulfonamides is 1. The number of carbonyl (C=O) groups excluding carboxylic acids is 1. The van der Waals surface area contributed by atoms with Crippen LogP contribution in [0.4, 0.5) is 0 Å². The van der Waals surface area contributed by atoms with E-state index < -0.39 is 16.0 Å². The van der Waals surface area contributed by atoms with Crippen molar-refractivity contribution in [3.8, 4) is 5.69 Å². The van der Waals surface area contributed by atoms with E-state index in [4.69, 9.17) is 9.88 Å². The molecule has 0 spiro atoms. The molecule has 2 N–H and O–H groups in total. The Morgan fingerprint density at radius 3 is 2.48 bits per heavy atom. The molecule has 8 nitrogen and oxygen atoms in total. The smallest absolute Gasteiger partial charge is 0.360 e. The molecule has 0 unspecified atom stereocenters. The van der Waals surface area contributed by atoms with Crippen molar-refractivity contribution in [1.82, 2.24) is 15.0 Å². The Balaban J connectivity index is 2.37. The minimum atomic E-state index is -3.75. The van der Waals surface area contributed by atoms with Crippen LogP contribution in [0.25, 0.3) is 5.69 Å². The molecule has 1 heterocycles. The highest BCUT2D eigenvalue weighted by Crippen LogP contribution is 2.15. The van der Waals surface area contributed by atoms with E-state index in [2.05, 4.69) is 10.3 Å². The second-order valence-electron chi connectivity index (χ2n) is 4.19. The van der Waals surface area contributed by atoms with Crippen LogP contribution in [0.5, 0.6) is 0 Å². The number of nitrogens with two attached hydrogens (primary N) is 1. The molecule has 21 heavy (non-hydrogen) atoms. The minimum Gasteiger partial charge on any atom is -0.461 e. The molecule has 9 heteroatoms. The highest BCUT2D eigenvalue weighted by Gasteiger charge is 2.18.